The molecular weight excluding hydrogens is 3050 g/mol. The maximum atomic E-state index is 14.4. The van der Waals surface area contributed by atoms with E-state index in [1.807, 2.05) is 22.6 Å². The molecule has 637 valence electrons. The van der Waals surface area contributed by atoms with Gasteiger partial charge in [-0.15, -0.1) is 11.6 Å². The van der Waals surface area contributed by atoms with Crippen LogP contribution < -0.4 is 64.6 Å². The van der Waals surface area contributed by atoms with E-state index in [1.165, 1.54) is 0 Å². The number of anilines is 4. The molecule has 7 unspecified atom stereocenters. The molecule has 0 aromatic heterocycles. The zero-order chi connectivity index (χ0) is 86.5. The molecule has 0 aliphatic rings. The summed E-state index contributed by atoms with van der Waals surface area (Å²) in [6, 6.07) is 0. The second-order valence-electron chi connectivity index (χ2n) is 22.0. The topological polar surface area (TPSA) is 671 Å². The Balaban J connectivity index is 0. The van der Waals surface area contributed by atoms with Crippen molar-refractivity contribution in [3.63, 3.8) is 0 Å². The molecule has 7 atom stereocenters. The number of carbonyl (C=O) groups is 12. The quantitative estimate of drug-likeness (QED) is 0.0125. The predicted octanol–water partition coefficient (Wildman–Crippen LogP) is 0.211. The fourth-order valence-electron chi connectivity index (χ4n) is 8.49. The second kappa shape index (κ2) is 57.8. The largest absolute Gasteiger partial charge is 0.394 e. The van der Waals surface area contributed by atoms with Gasteiger partial charge in [-0.1, -0.05) is 7.43 Å². The van der Waals surface area contributed by atoms with Crippen molar-refractivity contribution in [1.82, 2.24) is 21.3 Å². The van der Waals surface area contributed by atoms with E-state index in [2.05, 4.69) is 36.8 Å². The maximum Gasteiger partial charge on any atom is 0.253 e. The van der Waals surface area contributed by atoms with Crippen LogP contribution in [0.1, 0.15) is 103 Å². The van der Waals surface area contributed by atoms with E-state index in [1.54, 1.807) is 271 Å². The van der Waals surface area contributed by atoms with Crippen molar-refractivity contribution in [3.8, 4) is 0 Å². The Hall–Kier alpha value is 0.324. The SMILES string of the molecule is C.NC(=O)c1c(I)c(C(=O)NCC(O)CO)c(I)c(N(CC(O)CO)C(=O)CC(=O)N(CC(O)CO)c2c(I)c(C(N)=O)c(I)c(C(=O)NCC(O)CO)c2I)c1I.NC(=O)c1c(I)c(NC(=O)CC(=O)Nc2c(I)c(C(N)=O)c(I)c(C(=O)NCC(O)CO)c2I)c(I)c(C(=O)NCC(O)CO)c1I.OCC(O)CCl.[CH2-]I.[V]. The van der Waals surface area contributed by atoms with Crippen LogP contribution in [0, 0.1) is 47.8 Å². The Labute approximate surface area is 844 Å². The molecule has 0 saturated carbocycles. The maximum absolute atomic E-state index is 14.4. The van der Waals surface area contributed by atoms with Gasteiger partial charge in [0.15, 0.2) is 0 Å². The van der Waals surface area contributed by atoms with Gasteiger partial charge in [0, 0.05) is 59.0 Å². The molecule has 38 nitrogen and oxygen atoms in total. The number of aliphatic hydroxyl groups is 14. The number of alkyl halides is 1. The number of rotatable bonds is 36. The number of carbonyl (C=O) groups excluding carboxylic acids is 12. The van der Waals surface area contributed by atoms with E-state index in [9.17, 15) is 109 Å². The first-order valence-electron chi connectivity index (χ1n) is 30.5. The number of nitrogens with one attached hydrogen (secondary N) is 6. The summed E-state index contributed by atoms with van der Waals surface area (Å²) in [6.45, 7) is -7.43. The summed E-state index contributed by atoms with van der Waals surface area (Å²) >= 11 is 27.7. The number of primary amides is 4. The molecule has 0 heterocycles. The molecule has 0 aliphatic heterocycles. The van der Waals surface area contributed by atoms with E-state index >= 15 is 0 Å². The number of benzene rings is 4. The van der Waals surface area contributed by atoms with Gasteiger partial charge in [0.25, 0.3) is 47.3 Å². The molecule has 114 heavy (non-hydrogen) atoms. The minimum absolute atomic E-state index is 0. The van der Waals surface area contributed by atoms with Crippen LogP contribution in [0.15, 0.2) is 0 Å². The van der Waals surface area contributed by atoms with E-state index in [0.29, 0.717) is 0 Å². The number of nitrogens with zero attached hydrogens (tertiary/aromatic N) is 2. The average molecular weight is 3130 g/mol. The summed E-state index contributed by atoms with van der Waals surface area (Å²) in [5.41, 5.74) is 21.2. The summed E-state index contributed by atoms with van der Waals surface area (Å²) in [7, 11) is 0. The van der Waals surface area contributed by atoms with Gasteiger partial charge < -0.3 is 159 Å². The van der Waals surface area contributed by atoms with Crippen LogP contribution in [-0.2, 0) is 37.7 Å². The zero-order valence-corrected chi connectivity index (χ0v) is 87.4. The molecule has 4 rings (SSSR count). The number of hydrogen-bond donors (Lipinski definition) is 24. The predicted molar refractivity (Wildman–Crippen MR) is 521 cm³/mol. The van der Waals surface area contributed by atoms with E-state index in [0.717, 1.165) is 9.80 Å². The Morgan fingerprint density at radius 1 is 0.333 bits per heavy atom. The van der Waals surface area contributed by atoms with Crippen LogP contribution in [-0.4, -0.2) is 277 Å². The van der Waals surface area contributed by atoms with Crippen molar-refractivity contribution in [1.29, 1.82) is 0 Å². The van der Waals surface area contributed by atoms with E-state index in [-0.39, 0.29) is 162 Å². The molecule has 0 fully saturated rings. The smallest absolute Gasteiger partial charge is 0.253 e. The Morgan fingerprint density at radius 3 is 0.737 bits per heavy atom. The number of aliphatic hydroxyl groups excluding tert-OH is 14. The summed E-state index contributed by atoms with van der Waals surface area (Å²) in [4.78, 5) is 163. The van der Waals surface area contributed by atoms with Crippen LogP contribution in [0.2, 0.25) is 0 Å². The number of hydrogen-bond acceptors (Lipinski definition) is 26. The minimum Gasteiger partial charge on any atom is -0.394 e. The second-order valence-corrected chi connectivity index (χ2v) is 35.2. The van der Waals surface area contributed by atoms with Crippen molar-refractivity contribution < 1.29 is 148 Å². The summed E-state index contributed by atoms with van der Waals surface area (Å²) in [6.07, 6.45) is -11.1. The fraction of sp³-hybridized carbons (Fsp3) is 0.393. The van der Waals surface area contributed by atoms with Crippen molar-refractivity contribution in [2.24, 2.45) is 22.9 Å². The van der Waals surface area contributed by atoms with Gasteiger partial charge in [0.05, 0.1) is 204 Å². The number of amides is 12. The van der Waals surface area contributed by atoms with Gasteiger partial charge in [-0.05, 0) is 271 Å². The normalized spacial score (nSPS) is 12.5. The van der Waals surface area contributed by atoms with Crippen LogP contribution in [0.3, 0.4) is 0 Å². The molecule has 4 aromatic rings. The molecular formula is C61H73ClI13N12O26V-. The number of nitrogens with two attached hydrogens (primary N) is 4. The zero-order valence-electron chi connectivity index (χ0n) is 57.2. The third-order valence-corrected chi connectivity index (χ3v) is 27.0. The van der Waals surface area contributed by atoms with Crippen molar-refractivity contribution >= 4 is 399 Å². The van der Waals surface area contributed by atoms with Gasteiger partial charge in [0.1, 0.15) is 12.8 Å². The third kappa shape index (κ3) is 33.3. The Bertz CT molecular complexity index is 3910. The van der Waals surface area contributed by atoms with Crippen molar-refractivity contribution in [2.75, 3.05) is 112 Å². The molecule has 0 saturated heterocycles. The van der Waals surface area contributed by atoms with Gasteiger partial charge >= 0.3 is 0 Å². The van der Waals surface area contributed by atoms with Gasteiger partial charge in [-0.25, -0.2) is 0 Å². The van der Waals surface area contributed by atoms with Gasteiger partial charge in [0.2, 0.25) is 23.6 Å². The van der Waals surface area contributed by atoms with Gasteiger partial charge in [-0.3, -0.25) is 62.5 Å². The molecule has 53 heteroatoms. The van der Waals surface area contributed by atoms with Gasteiger partial charge in [-0.2, -0.15) is 0 Å². The monoisotopic (exact) mass is 3130 g/mol. The van der Waals surface area contributed by atoms with E-state index in [4.69, 9.17) is 55.0 Å². The summed E-state index contributed by atoms with van der Waals surface area (Å²) in [5.74, 6) is -10.8. The first-order chi connectivity index (χ1) is 52.3. The molecule has 0 spiro atoms. The first kappa shape index (κ1) is 116. The molecule has 0 aliphatic carbocycles. The average Bonchev–Trinajstić information content (AvgIpc) is 0.765. The van der Waals surface area contributed by atoms with Crippen LogP contribution in [0.25, 0.3) is 0 Å². The van der Waals surface area contributed by atoms with Crippen molar-refractivity contribution in [2.45, 2.75) is 63.0 Å². The van der Waals surface area contributed by atoms with Crippen LogP contribution >= 0.6 is 305 Å². The molecule has 28 N–H and O–H groups in total. The number of halogens is 14. The Kier molecular flexibility index (Phi) is 59.0. The summed E-state index contributed by atoms with van der Waals surface area (Å²) in [5, 5.41) is 147. The van der Waals surface area contributed by atoms with Crippen LogP contribution in [0.5, 0.6) is 0 Å². The third-order valence-electron chi connectivity index (χ3n) is 13.8. The molecule has 0 bridgehead atoms. The first-order valence-corrected chi connectivity index (χ1v) is 45.5. The molecule has 4 aromatic carbocycles. The Morgan fingerprint density at radius 2 is 0.535 bits per heavy atom. The molecule has 1 radical (unpaired) electrons. The van der Waals surface area contributed by atoms with Crippen LogP contribution in [0.4, 0.5) is 22.7 Å². The minimum atomic E-state index is -1.64. The summed E-state index contributed by atoms with van der Waals surface area (Å²) < 4.78 is 1.25. The molecule has 12 amide bonds. The standard InChI is InChI=1S/C31H36I6N6O14.C25H24I6N6O10.C3H7ClO2.CH2I.CH4.V/c32-20-16(28(38)54)22(34)26(24(36)18(20)30(56)40-2-10(48)6-44)42(4-12(50)8-46)14(52)1-15(53)43(5-13(51)9-47)27-23(35)17(29(39)55)21(33)19(25(27)37)31(57)41-3-11(49)7-45;26-14-10(22(32)44)16(28)20(18(30)12(14)24(46)34-2-6(40)4-38)36-8(42)1-9(43)37-21-17(29)11(23(33)45)15(27)13(19(21)31)25(47)35-3-7(41)5-39;4-1-3(6)2-5;1-2;;/h10-13,44-51H,1-9H2,(H2,38,54)(H2,39,55)(H,40,56)(H,41,57);6-7,38-41H,1-5H2,(H2,32,44)(H2,33,45)(H,34,46)(H,35,47)(H,36,42)(H,37,43);3,5-6H,1-2H2;1H2;1H4;/q;;;-1;;. The fourth-order valence-corrected chi connectivity index (χ4v) is 27.0. The van der Waals surface area contributed by atoms with E-state index < -0.39 is 192 Å². The van der Waals surface area contributed by atoms with Crippen molar-refractivity contribution in [3.05, 3.63) is 92.3 Å².